The summed E-state index contributed by atoms with van der Waals surface area (Å²) >= 11 is 1.78. The predicted molar refractivity (Wildman–Crippen MR) is 69.0 cm³/mol. The standard InChI is InChI=1S/C13H16N2S/c1-8-10(6-12(8)14-2)9-5-13-11(15-7-9)3-4-16-13/h3-5,7-8,10,12,14H,6H2,1-2H3. The van der Waals surface area contributed by atoms with Gasteiger partial charge in [0.1, 0.15) is 0 Å². The molecule has 1 fully saturated rings. The van der Waals surface area contributed by atoms with Crippen LogP contribution in [0.1, 0.15) is 24.8 Å². The third-order valence-corrected chi connectivity index (χ3v) is 4.75. The maximum absolute atomic E-state index is 4.52. The number of rotatable bonds is 2. The molecule has 3 atom stereocenters. The Bertz CT molecular complexity index is 505. The van der Waals surface area contributed by atoms with Crippen LogP contribution in [0.5, 0.6) is 0 Å². The highest BCUT2D eigenvalue weighted by molar-refractivity contribution is 7.17. The van der Waals surface area contributed by atoms with Crippen molar-refractivity contribution in [2.45, 2.75) is 25.3 Å². The molecule has 0 amide bonds. The summed E-state index contributed by atoms with van der Waals surface area (Å²) in [4.78, 5) is 4.52. The number of aromatic nitrogens is 1. The van der Waals surface area contributed by atoms with Crippen molar-refractivity contribution in [3.05, 3.63) is 29.3 Å². The molecule has 0 radical (unpaired) electrons. The van der Waals surface area contributed by atoms with E-state index >= 15 is 0 Å². The van der Waals surface area contributed by atoms with E-state index in [4.69, 9.17) is 0 Å². The topological polar surface area (TPSA) is 24.9 Å². The van der Waals surface area contributed by atoms with Crippen molar-refractivity contribution in [2.24, 2.45) is 5.92 Å². The highest BCUT2D eigenvalue weighted by atomic mass is 32.1. The number of nitrogens with zero attached hydrogens (tertiary/aromatic N) is 1. The average molecular weight is 232 g/mol. The van der Waals surface area contributed by atoms with Gasteiger partial charge in [-0.3, -0.25) is 4.98 Å². The van der Waals surface area contributed by atoms with E-state index in [1.165, 1.54) is 16.7 Å². The minimum Gasteiger partial charge on any atom is -0.317 e. The summed E-state index contributed by atoms with van der Waals surface area (Å²) in [6.45, 7) is 2.33. The van der Waals surface area contributed by atoms with Crippen LogP contribution in [-0.4, -0.2) is 18.1 Å². The number of fused-ring (bicyclic) bond motifs is 1. The quantitative estimate of drug-likeness (QED) is 0.861. The first kappa shape index (κ1) is 10.2. The van der Waals surface area contributed by atoms with Crippen LogP contribution < -0.4 is 5.32 Å². The van der Waals surface area contributed by atoms with Crippen LogP contribution in [0.4, 0.5) is 0 Å². The zero-order valence-corrected chi connectivity index (χ0v) is 10.4. The highest BCUT2D eigenvalue weighted by Gasteiger charge is 2.37. The number of pyridine rings is 1. The second-order valence-corrected chi connectivity index (χ2v) is 5.62. The van der Waals surface area contributed by atoms with Gasteiger partial charge < -0.3 is 5.32 Å². The lowest BCUT2D eigenvalue weighted by Gasteiger charge is -2.42. The molecule has 2 nitrogen and oxygen atoms in total. The lowest BCUT2D eigenvalue weighted by molar-refractivity contribution is 0.194. The summed E-state index contributed by atoms with van der Waals surface area (Å²) in [5.74, 6) is 1.42. The van der Waals surface area contributed by atoms with Gasteiger partial charge in [-0.25, -0.2) is 0 Å². The fourth-order valence-corrected chi connectivity index (χ4v) is 3.46. The smallest absolute Gasteiger partial charge is 0.0809 e. The van der Waals surface area contributed by atoms with Gasteiger partial charge in [0.05, 0.1) is 10.2 Å². The summed E-state index contributed by atoms with van der Waals surface area (Å²) in [7, 11) is 2.05. The molecule has 0 aliphatic heterocycles. The van der Waals surface area contributed by atoms with Gasteiger partial charge in [-0.1, -0.05) is 6.92 Å². The van der Waals surface area contributed by atoms with Crippen molar-refractivity contribution < 1.29 is 0 Å². The first-order chi connectivity index (χ1) is 7.79. The van der Waals surface area contributed by atoms with Gasteiger partial charge in [0.15, 0.2) is 0 Å². The van der Waals surface area contributed by atoms with Crippen LogP contribution in [0.3, 0.4) is 0 Å². The Hall–Kier alpha value is -0.930. The molecule has 3 unspecified atom stereocenters. The third-order valence-electron chi connectivity index (χ3n) is 3.90. The molecule has 84 valence electrons. The number of nitrogens with one attached hydrogen (secondary N) is 1. The van der Waals surface area contributed by atoms with E-state index in [-0.39, 0.29) is 0 Å². The fourth-order valence-electron chi connectivity index (χ4n) is 2.67. The van der Waals surface area contributed by atoms with Crippen molar-refractivity contribution >= 4 is 21.6 Å². The Morgan fingerprint density at radius 1 is 1.50 bits per heavy atom. The van der Waals surface area contributed by atoms with Crippen LogP contribution in [0.15, 0.2) is 23.7 Å². The predicted octanol–water partition coefficient (Wildman–Crippen LogP) is 3.01. The van der Waals surface area contributed by atoms with Crippen molar-refractivity contribution in [1.29, 1.82) is 0 Å². The van der Waals surface area contributed by atoms with Crippen molar-refractivity contribution in [1.82, 2.24) is 10.3 Å². The molecule has 3 heteroatoms. The number of hydrogen-bond donors (Lipinski definition) is 1. The van der Waals surface area contributed by atoms with Crippen molar-refractivity contribution in [3.63, 3.8) is 0 Å². The molecular weight excluding hydrogens is 216 g/mol. The lowest BCUT2D eigenvalue weighted by Crippen LogP contribution is -2.46. The van der Waals surface area contributed by atoms with E-state index < -0.39 is 0 Å². The highest BCUT2D eigenvalue weighted by Crippen LogP contribution is 2.42. The van der Waals surface area contributed by atoms with Gasteiger partial charge in [-0.05, 0) is 48.4 Å². The maximum Gasteiger partial charge on any atom is 0.0809 e. The average Bonchev–Trinajstić information content (AvgIpc) is 2.75. The van der Waals surface area contributed by atoms with E-state index in [1.54, 1.807) is 11.3 Å². The first-order valence-corrected chi connectivity index (χ1v) is 6.68. The molecule has 16 heavy (non-hydrogen) atoms. The number of thiophene rings is 1. The second-order valence-electron chi connectivity index (χ2n) is 4.67. The van der Waals surface area contributed by atoms with Crippen LogP contribution in [0.2, 0.25) is 0 Å². The molecule has 0 bridgehead atoms. The van der Waals surface area contributed by atoms with Gasteiger partial charge in [-0.2, -0.15) is 0 Å². The molecule has 3 rings (SSSR count). The monoisotopic (exact) mass is 232 g/mol. The largest absolute Gasteiger partial charge is 0.317 e. The minimum absolute atomic E-state index is 0.684. The van der Waals surface area contributed by atoms with Crippen LogP contribution in [0.25, 0.3) is 10.2 Å². The third kappa shape index (κ3) is 1.46. The fraction of sp³-hybridized carbons (Fsp3) is 0.462. The lowest BCUT2D eigenvalue weighted by atomic mass is 9.67. The normalized spacial score (nSPS) is 29.2. The molecule has 1 saturated carbocycles. The minimum atomic E-state index is 0.684. The molecule has 2 heterocycles. The Morgan fingerprint density at radius 3 is 3.12 bits per heavy atom. The van der Waals surface area contributed by atoms with Gasteiger partial charge in [0.25, 0.3) is 0 Å². The summed E-state index contributed by atoms with van der Waals surface area (Å²) in [5.41, 5.74) is 2.54. The van der Waals surface area contributed by atoms with E-state index in [0.29, 0.717) is 12.0 Å². The molecule has 0 saturated heterocycles. The van der Waals surface area contributed by atoms with Gasteiger partial charge in [-0.15, -0.1) is 11.3 Å². The summed E-state index contributed by atoms with van der Waals surface area (Å²) < 4.78 is 1.32. The Morgan fingerprint density at radius 2 is 2.38 bits per heavy atom. The van der Waals surface area contributed by atoms with Crippen LogP contribution >= 0.6 is 11.3 Å². The van der Waals surface area contributed by atoms with Crippen LogP contribution in [0, 0.1) is 5.92 Å². The summed E-state index contributed by atoms with van der Waals surface area (Å²) in [6.07, 6.45) is 3.30. The molecule has 1 N–H and O–H groups in total. The zero-order chi connectivity index (χ0) is 11.1. The zero-order valence-electron chi connectivity index (χ0n) is 9.60. The molecule has 0 aromatic carbocycles. The van der Waals surface area contributed by atoms with Crippen molar-refractivity contribution in [2.75, 3.05) is 7.05 Å². The van der Waals surface area contributed by atoms with Gasteiger partial charge in [0.2, 0.25) is 0 Å². The summed E-state index contributed by atoms with van der Waals surface area (Å²) in [5, 5.41) is 5.48. The van der Waals surface area contributed by atoms with Gasteiger partial charge in [0, 0.05) is 12.2 Å². The first-order valence-electron chi connectivity index (χ1n) is 5.80. The summed E-state index contributed by atoms with van der Waals surface area (Å²) in [6, 6.07) is 5.09. The Kier molecular flexibility index (Phi) is 2.45. The molecule has 2 aromatic heterocycles. The Labute approximate surface area is 99.7 Å². The molecule has 1 aliphatic carbocycles. The molecule has 0 spiro atoms. The van der Waals surface area contributed by atoms with E-state index in [2.05, 4.69) is 48.0 Å². The van der Waals surface area contributed by atoms with Gasteiger partial charge >= 0.3 is 0 Å². The molecular formula is C13H16N2S. The van der Waals surface area contributed by atoms with E-state index in [9.17, 15) is 0 Å². The number of hydrogen-bond acceptors (Lipinski definition) is 3. The Balaban J connectivity index is 1.89. The molecule has 1 aliphatic rings. The second kappa shape index (κ2) is 3.82. The van der Waals surface area contributed by atoms with Crippen molar-refractivity contribution in [3.8, 4) is 0 Å². The SMILES string of the molecule is CNC1CC(c2cnc3ccsc3c2)C1C. The maximum atomic E-state index is 4.52. The van der Waals surface area contributed by atoms with Crippen LogP contribution in [-0.2, 0) is 0 Å². The molecule has 2 aromatic rings. The van der Waals surface area contributed by atoms with E-state index in [0.717, 1.165) is 11.4 Å². The van der Waals surface area contributed by atoms with E-state index in [1.807, 2.05) is 0 Å².